The maximum atomic E-state index is 11.8. The largest absolute Gasteiger partial charge is 0.309 e. The first-order valence-corrected chi connectivity index (χ1v) is 13.5. The van der Waals surface area contributed by atoms with Crippen molar-refractivity contribution in [3.63, 3.8) is 0 Å². The summed E-state index contributed by atoms with van der Waals surface area (Å²) < 4.78 is 0. The van der Waals surface area contributed by atoms with E-state index in [1.807, 2.05) is 0 Å². The lowest BCUT2D eigenvalue weighted by atomic mass is 10.0. The van der Waals surface area contributed by atoms with Crippen LogP contribution < -0.4 is 0 Å². The highest BCUT2D eigenvalue weighted by molar-refractivity contribution is 5.78. The second-order valence-corrected chi connectivity index (χ2v) is 9.55. The number of hydrogen-bond donors (Lipinski definition) is 0. The van der Waals surface area contributed by atoms with E-state index in [4.69, 9.17) is 0 Å². The topological polar surface area (TPSA) is 20.3 Å². The zero-order valence-corrected chi connectivity index (χ0v) is 21.1. The molecule has 0 aromatic heterocycles. The number of hydrogen-bond acceptors (Lipinski definition) is 2. The number of ketones is 1. The third kappa shape index (κ3) is 25.4. The predicted molar refractivity (Wildman–Crippen MR) is 135 cm³/mol. The fraction of sp³-hybridized carbons (Fsp3) is 0.893. The molecule has 2 heteroatoms. The second kappa shape index (κ2) is 24.6. The Bertz CT molecular complexity index is 375. The van der Waals surface area contributed by atoms with Crippen molar-refractivity contribution in [1.82, 2.24) is 4.90 Å². The molecule has 0 bridgehead atoms. The second-order valence-electron chi connectivity index (χ2n) is 9.55. The lowest BCUT2D eigenvalue weighted by molar-refractivity contribution is -0.119. The molecule has 0 aromatic rings. The van der Waals surface area contributed by atoms with Gasteiger partial charge in [-0.25, -0.2) is 0 Å². The Morgan fingerprint density at radius 1 is 0.567 bits per heavy atom. The molecule has 0 rings (SSSR count). The molecule has 0 aliphatic heterocycles. The molecule has 0 fully saturated rings. The molecule has 0 unspecified atom stereocenters. The van der Waals surface area contributed by atoms with E-state index in [-0.39, 0.29) is 0 Å². The minimum atomic E-state index is 0.467. The molecule has 178 valence electrons. The van der Waals surface area contributed by atoms with Crippen LogP contribution in [0.1, 0.15) is 142 Å². The van der Waals surface area contributed by atoms with Crippen molar-refractivity contribution < 1.29 is 4.79 Å². The molecule has 0 N–H and O–H groups in total. The summed E-state index contributed by atoms with van der Waals surface area (Å²) in [6, 6.07) is 0. The summed E-state index contributed by atoms with van der Waals surface area (Å²) in [4.78, 5) is 13.9. The zero-order valence-electron chi connectivity index (χ0n) is 21.1. The van der Waals surface area contributed by atoms with Crippen LogP contribution in [0.25, 0.3) is 0 Å². The van der Waals surface area contributed by atoms with Gasteiger partial charge in [0, 0.05) is 12.8 Å². The monoisotopic (exact) mass is 421 g/mol. The van der Waals surface area contributed by atoms with Gasteiger partial charge in [-0.3, -0.25) is 4.79 Å². The molecule has 0 aliphatic rings. The summed E-state index contributed by atoms with van der Waals surface area (Å²) in [7, 11) is 4.14. The van der Waals surface area contributed by atoms with Gasteiger partial charge in [0.05, 0.1) is 0 Å². The summed E-state index contributed by atoms with van der Waals surface area (Å²) in [5.41, 5.74) is 0. The van der Waals surface area contributed by atoms with E-state index in [1.165, 1.54) is 109 Å². The van der Waals surface area contributed by atoms with Gasteiger partial charge < -0.3 is 4.90 Å². The van der Waals surface area contributed by atoms with Crippen LogP contribution in [0.3, 0.4) is 0 Å². The maximum Gasteiger partial charge on any atom is 0.132 e. The van der Waals surface area contributed by atoms with Gasteiger partial charge in [0.1, 0.15) is 5.78 Å². The Kier molecular flexibility index (Phi) is 24.1. The molecule has 0 aliphatic carbocycles. The van der Waals surface area contributed by atoms with Gasteiger partial charge in [0.25, 0.3) is 0 Å². The molecular weight excluding hydrogens is 366 g/mol. The van der Waals surface area contributed by atoms with E-state index in [9.17, 15) is 4.79 Å². The van der Waals surface area contributed by atoms with Gasteiger partial charge in [-0.15, -0.1) is 0 Å². The Labute approximate surface area is 190 Å². The van der Waals surface area contributed by atoms with E-state index in [1.54, 1.807) is 0 Å². The summed E-state index contributed by atoms with van der Waals surface area (Å²) >= 11 is 0. The van der Waals surface area contributed by atoms with Gasteiger partial charge in [-0.1, -0.05) is 103 Å². The SMILES string of the molecule is CCCCCCCC/C=C\CCCCCCCCCCCCC(=O)CCCN(C)C. The zero-order chi connectivity index (χ0) is 22.1. The third-order valence-corrected chi connectivity index (χ3v) is 6.03. The van der Waals surface area contributed by atoms with Crippen LogP contribution in [0.15, 0.2) is 12.2 Å². The van der Waals surface area contributed by atoms with Crippen molar-refractivity contribution in [2.45, 2.75) is 142 Å². The van der Waals surface area contributed by atoms with Gasteiger partial charge in [-0.05, 0) is 59.2 Å². The molecule has 0 aromatic carbocycles. The Morgan fingerprint density at radius 2 is 0.967 bits per heavy atom. The predicted octanol–water partition coefficient (Wildman–Crippen LogP) is 8.89. The number of allylic oxidation sites excluding steroid dienone is 2. The average Bonchev–Trinajstić information content (AvgIpc) is 2.72. The van der Waals surface area contributed by atoms with E-state index >= 15 is 0 Å². The first kappa shape index (κ1) is 29.4. The van der Waals surface area contributed by atoms with Crippen LogP contribution in [-0.4, -0.2) is 31.3 Å². The van der Waals surface area contributed by atoms with Crippen molar-refractivity contribution in [3.8, 4) is 0 Å². The van der Waals surface area contributed by atoms with Crippen molar-refractivity contribution in [3.05, 3.63) is 12.2 Å². The highest BCUT2D eigenvalue weighted by Crippen LogP contribution is 2.13. The van der Waals surface area contributed by atoms with Crippen LogP contribution in [0.5, 0.6) is 0 Å². The Hall–Kier alpha value is -0.630. The summed E-state index contributed by atoms with van der Waals surface area (Å²) in [5.74, 6) is 0.467. The number of nitrogens with zero attached hydrogens (tertiary/aromatic N) is 1. The van der Waals surface area contributed by atoms with Crippen molar-refractivity contribution >= 4 is 5.78 Å². The summed E-state index contributed by atoms with van der Waals surface area (Å²) in [6.45, 7) is 3.31. The number of rotatable bonds is 24. The van der Waals surface area contributed by atoms with Gasteiger partial charge in [0.15, 0.2) is 0 Å². The van der Waals surface area contributed by atoms with Crippen LogP contribution in [0.2, 0.25) is 0 Å². The molecule has 0 saturated carbocycles. The third-order valence-electron chi connectivity index (χ3n) is 6.03. The Morgan fingerprint density at radius 3 is 1.43 bits per heavy atom. The minimum Gasteiger partial charge on any atom is -0.309 e. The molecule has 2 nitrogen and oxygen atoms in total. The fourth-order valence-corrected chi connectivity index (χ4v) is 3.99. The van der Waals surface area contributed by atoms with Crippen molar-refractivity contribution in [2.24, 2.45) is 0 Å². The number of unbranched alkanes of at least 4 members (excludes halogenated alkanes) is 16. The van der Waals surface area contributed by atoms with E-state index < -0.39 is 0 Å². The highest BCUT2D eigenvalue weighted by atomic mass is 16.1. The maximum absolute atomic E-state index is 11.8. The van der Waals surface area contributed by atoms with E-state index in [2.05, 4.69) is 38.1 Å². The molecular formula is C28H55NO. The molecule has 0 heterocycles. The van der Waals surface area contributed by atoms with Gasteiger partial charge in [0.2, 0.25) is 0 Å². The standard InChI is InChI=1S/C28H55NO/c1-4-5-6-7-8-9-10-11-12-13-14-15-16-17-18-19-20-21-22-23-25-28(30)26-24-27-29(2)3/h11-12H,4-10,13-27H2,1-3H3/b12-11-. The molecule has 0 saturated heterocycles. The van der Waals surface area contributed by atoms with Crippen molar-refractivity contribution in [1.29, 1.82) is 0 Å². The van der Waals surface area contributed by atoms with Gasteiger partial charge >= 0.3 is 0 Å². The van der Waals surface area contributed by atoms with Crippen LogP contribution in [0, 0.1) is 0 Å². The molecule has 0 radical (unpaired) electrons. The van der Waals surface area contributed by atoms with E-state index in [0.29, 0.717) is 5.78 Å². The number of carbonyl (C=O) groups is 1. The average molecular weight is 422 g/mol. The smallest absolute Gasteiger partial charge is 0.132 e. The summed E-state index contributed by atoms with van der Waals surface area (Å²) in [6.07, 6.45) is 31.8. The lowest BCUT2D eigenvalue weighted by Gasteiger charge is -2.08. The van der Waals surface area contributed by atoms with Crippen LogP contribution in [-0.2, 0) is 4.79 Å². The molecule has 0 amide bonds. The molecule has 30 heavy (non-hydrogen) atoms. The van der Waals surface area contributed by atoms with Crippen molar-refractivity contribution in [2.75, 3.05) is 20.6 Å². The summed E-state index contributed by atoms with van der Waals surface area (Å²) in [5, 5.41) is 0. The van der Waals surface area contributed by atoms with Crippen LogP contribution >= 0.6 is 0 Å². The minimum absolute atomic E-state index is 0.467. The first-order valence-electron chi connectivity index (χ1n) is 13.5. The van der Waals surface area contributed by atoms with Gasteiger partial charge in [-0.2, -0.15) is 0 Å². The Balaban J connectivity index is 3.16. The molecule has 0 spiro atoms. The highest BCUT2D eigenvalue weighted by Gasteiger charge is 2.02. The normalized spacial score (nSPS) is 11.7. The molecule has 0 atom stereocenters. The number of carbonyl (C=O) groups excluding carboxylic acids is 1. The fourth-order valence-electron chi connectivity index (χ4n) is 3.99. The number of Topliss-reactive ketones (excluding diaryl/α,β-unsaturated/α-hetero) is 1. The first-order chi connectivity index (χ1) is 14.7. The van der Waals surface area contributed by atoms with Crippen LogP contribution in [0.4, 0.5) is 0 Å². The van der Waals surface area contributed by atoms with E-state index in [0.717, 1.165) is 32.2 Å². The lowest BCUT2D eigenvalue weighted by Crippen LogP contribution is -2.14. The quantitative estimate of drug-likeness (QED) is 0.114.